The number of benzene rings is 1. The fraction of sp³-hybridized carbons (Fsp3) is 0.312. The van der Waals surface area contributed by atoms with Crippen LogP contribution in [0.15, 0.2) is 47.1 Å². The number of nitrogens with zero attached hydrogens (tertiary/aromatic N) is 2. The van der Waals surface area contributed by atoms with Gasteiger partial charge in [-0.3, -0.25) is 9.69 Å². The highest BCUT2D eigenvalue weighted by Gasteiger charge is 2.15. The van der Waals surface area contributed by atoms with Crippen LogP contribution in [-0.2, 0) is 11.3 Å². The maximum atomic E-state index is 12.3. The number of rotatable bonds is 6. The largest absolute Gasteiger partial charge is 0.468 e. The number of hydrogen-bond donors (Lipinski definition) is 1. The van der Waals surface area contributed by atoms with Crippen LogP contribution in [0, 0.1) is 0 Å². The van der Waals surface area contributed by atoms with Gasteiger partial charge in [-0.05, 0) is 42.9 Å². The Balaban J connectivity index is 1.96. The smallest absolute Gasteiger partial charge is 0.240 e. The average molecular weight is 287 g/mol. The highest BCUT2D eigenvalue weighted by atomic mass is 16.3. The van der Waals surface area contributed by atoms with Gasteiger partial charge in [-0.15, -0.1) is 0 Å². The molecule has 0 bridgehead atoms. The molecule has 0 atom stereocenters. The average Bonchev–Trinajstić information content (AvgIpc) is 2.99. The predicted molar refractivity (Wildman–Crippen MR) is 83.9 cm³/mol. The summed E-state index contributed by atoms with van der Waals surface area (Å²) < 4.78 is 5.33. The summed E-state index contributed by atoms with van der Waals surface area (Å²) in [4.78, 5) is 16.0. The molecule has 2 aromatic rings. The highest BCUT2D eigenvalue weighted by molar-refractivity contribution is 5.94. The molecule has 112 valence electrons. The first-order valence-electron chi connectivity index (χ1n) is 6.97. The molecule has 5 nitrogen and oxygen atoms in total. The number of likely N-dealkylation sites (N-methyl/N-ethyl adjacent to an activating group) is 2. The summed E-state index contributed by atoms with van der Waals surface area (Å²) >= 11 is 0. The van der Waals surface area contributed by atoms with Gasteiger partial charge in [-0.25, -0.2) is 0 Å². The van der Waals surface area contributed by atoms with Crippen LogP contribution in [-0.4, -0.2) is 30.9 Å². The van der Waals surface area contributed by atoms with Crippen molar-refractivity contribution >= 4 is 17.3 Å². The molecule has 2 N–H and O–H groups in total. The fourth-order valence-corrected chi connectivity index (χ4v) is 2.04. The van der Waals surface area contributed by atoms with Gasteiger partial charge in [0.05, 0.1) is 19.4 Å². The van der Waals surface area contributed by atoms with Gasteiger partial charge in [0.15, 0.2) is 0 Å². The van der Waals surface area contributed by atoms with Crippen LogP contribution in [0.5, 0.6) is 0 Å². The van der Waals surface area contributed by atoms with Gasteiger partial charge in [-0.1, -0.05) is 6.92 Å². The first-order valence-corrected chi connectivity index (χ1v) is 6.97. The summed E-state index contributed by atoms with van der Waals surface area (Å²) in [7, 11) is 1.77. The number of nitrogen functional groups attached to an aromatic ring is 1. The van der Waals surface area contributed by atoms with Crippen molar-refractivity contribution in [3.8, 4) is 0 Å². The first kappa shape index (κ1) is 15.1. The zero-order valence-corrected chi connectivity index (χ0v) is 12.5. The highest BCUT2D eigenvalue weighted by Crippen LogP contribution is 2.15. The standard InChI is InChI=1S/C16H21N3O2/c1-3-19(11-15-5-4-10-21-15)12-16(20)18(2)14-8-6-13(17)7-9-14/h4-10H,3,11-12,17H2,1-2H3. The maximum absolute atomic E-state index is 12.3. The van der Waals surface area contributed by atoms with Gasteiger partial charge < -0.3 is 15.1 Å². The van der Waals surface area contributed by atoms with E-state index in [2.05, 4.69) is 0 Å². The van der Waals surface area contributed by atoms with Crippen molar-refractivity contribution in [3.05, 3.63) is 48.4 Å². The van der Waals surface area contributed by atoms with E-state index in [0.717, 1.165) is 18.0 Å². The summed E-state index contributed by atoms with van der Waals surface area (Å²) in [5, 5.41) is 0. The van der Waals surface area contributed by atoms with Crippen molar-refractivity contribution in [1.82, 2.24) is 4.90 Å². The molecule has 1 amide bonds. The van der Waals surface area contributed by atoms with Crippen LogP contribution in [0.2, 0.25) is 0 Å². The molecule has 0 unspecified atom stereocenters. The van der Waals surface area contributed by atoms with Crippen LogP contribution < -0.4 is 10.6 Å². The van der Waals surface area contributed by atoms with Gasteiger partial charge >= 0.3 is 0 Å². The predicted octanol–water partition coefficient (Wildman–Crippen LogP) is 2.35. The van der Waals surface area contributed by atoms with E-state index in [1.165, 1.54) is 0 Å². The van der Waals surface area contributed by atoms with E-state index in [9.17, 15) is 4.79 Å². The number of nitrogens with two attached hydrogens (primary N) is 1. The molecule has 0 aliphatic heterocycles. The number of amides is 1. The van der Waals surface area contributed by atoms with Crippen LogP contribution in [0.25, 0.3) is 0 Å². The molecule has 21 heavy (non-hydrogen) atoms. The zero-order valence-electron chi connectivity index (χ0n) is 12.5. The molecule has 1 heterocycles. The minimum atomic E-state index is 0.0353. The third-order valence-corrected chi connectivity index (χ3v) is 3.42. The second-order valence-corrected chi connectivity index (χ2v) is 4.93. The SMILES string of the molecule is CCN(CC(=O)N(C)c1ccc(N)cc1)Cc1ccco1. The lowest BCUT2D eigenvalue weighted by Crippen LogP contribution is -2.38. The van der Waals surface area contributed by atoms with E-state index < -0.39 is 0 Å². The summed E-state index contributed by atoms with van der Waals surface area (Å²) in [6, 6.07) is 11.0. The molecule has 0 radical (unpaired) electrons. The van der Waals surface area contributed by atoms with E-state index in [1.807, 2.05) is 36.1 Å². The third kappa shape index (κ3) is 4.10. The second-order valence-electron chi connectivity index (χ2n) is 4.93. The number of anilines is 2. The molecule has 1 aromatic carbocycles. The van der Waals surface area contributed by atoms with Crippen molar-refractivity contribution in [3.63, 3.8) is 0 Å². The van der Waals surface area contributed by atoms with E-state index in [4.69, 9.17) is 10.2 Å². The summed E-state index contributed by atoms with van der Waals surface area (Å²) in [6.45, 7) is 3.78. The van der Waals surface area contributed by atoms with Crippen molar-refractivity contribution in [2.24, 2.45) is 0 Å². The van der Waals surface area contributed by atoms with Crippen LogP contribution in [0.4, 0.5) is 11.4 Å². The Morgan fingerprint density at radius 1 is 1.24 bits per heavy atom. The molecular formula is C16H21N3O2. The molecule has 0 saturated heterocycles. The van der Waals surface area contributed by atoms with Crippen LogP contribution in [0.1, 0.15) is 12.7 Å². The topological polar surface area (TPSA) is 62.7 Å². The zero-order chi connectivity index (χ0) is 15.2. The normalized spacial score (nSPS) is 10.8. The molecular weight excluding hydrogens is 266 g/mol. The van der Waals surface area contributed by atoms with Crippen molar-refractivity contribution in [2.45, 2.75) is 13.5 Å². The van der Waals surface area contributed by atoms with Gasteiger partial charge in [-0.2, -0.15) is 0 Å². The van der Waals surface area contributed by atoms with E-state index in [0.29, 0.717) is 18.8 Å². The lowest BCUT2D eigenvalue weighted by atomic mass is 10.2. The van der Waals surface area contributed by atoms with Crippen LogP contribution >= 0.6 is 0 Å². The summed E-state index contributed by atoms with van der Waals surface area (Å²) in [5.74, 6) is 0.896. The molecule has 1 aromatic heterocycles. The Kier molecular flexibility index (Phi) is 5.00. The number of furan rings is 1. The summed E-state index contributed by atoms with van der Waals surface area (Å²) in [6.07, 6.45) is 1.64. The molecule has 0 fully saturated rings. The maximum Gasteiger partial charge on any atom is 0.240 e. The van der Waals surface area contributed by atoms with Crippen molar-refractivity contribution < 1.29 is 9.21 Å². The van der Waals surface area contributed by atoms with Crippen molar-refractivity contribution in [1.29, 1.82) is 0 Å². The quantitative estimate of drug-likeness (QED) is 0.828. The molecule has 0 aliphatic rings. The van der Waals surface area contributed by atoms with Gasteiger partial charge in [0.2, 0.25) is 5.91 Å². The minimum Gasteiger partial charge on any atom is -0.468 e. The number of carbonyl (C=O) groups excluding carboxylic acids is 1. The Morgan fingerprint density at radius 3 is 2.52 bits per heavy atom. The van der Waals surface area contributed by atoms with Gasteiger partial charge in [0.1, 0.15) is 5.76 Å². The van der Waals surface area contributed by atoms with Gasteiger partial charge in [0, 0.05) is 18.4 Å². The van der Waals surface area contributed by atoms with Crippen molar-refractivity contribution in [2.75, 3.05) is 30.8 Å². The van der Waals surface area contributed by atoms with E-state index >= 15 is 0 Å². The fourth-order valence-electron chi connectivity index (χ4n) is 2.04. The third-order valence-electron chi connectivity index (χ3n) is 3.42. The Bertz CT molecular complexity index is 564. The Hall–Kier alpha value is -2.27. The molecule has 0 spiro atoms. The monoisotopic (exact) mass is 287 g/mol. The lowest BCUT2D eigenvalue weighted by Gasteiger charge is -2.23. The first-order chi connectivity index (χ1) is 10.1. The molecule has 5 heteroatoms. The molecule has 0 aliphatic carbocycles. The molecule has 2 rings (SSSR count). The number of carbonyl (C=O) groups is 1. The van der Waals surface area contributed by atoms with Gasteiger partial charge in [0.25, 0.3) is 0 Å². The minimum absolute atomic E-state index is 0.0353. The van der Waals surface area contributed by atoms with Crippen LogP contribution in [0.3, 0.4) is 0 Å². The van der Waals surface area contributed by atoms with E-state index in [-0.39, 0.29) is 5.91 Å². The second kappa shape index (κ2) is 6.95. The number of hydrogen-bond acceptors (Lipinski definition) is 4. The lowest BCUT2D eigenvalue weighted by molar-refractivity contribution is -0.119. The summed E-state index contributed by atoms with van der Waals surface area (Å²) in [5.41, 5.74) is 7.18. The van der Waals surface area contributed by atoms with E-state index in [1.54, 1.807) is 30.3 Å². The molecule has 0 saturated carbocycles. The Labute approximate surface area is 124 Å². The Morgan fingerprint density at radius 2 is 1.95 bits per heavy atom.